The van der Waals surface area contributed by atoms with E-state index in [4.69, 9.17) is 0 Å². The van der Waals surface area contributed by atoms with Gasteiger partial charge in [0.15, 0.2) is 0 Å². The zero-order valence-electron chi connectivity index (χ0n) is 11.6. The molecule has 0 saturated heterocycles. The summed E-state index contributed by atoms with van der Waals surface area (Å²) in [6.07, 6.45) is 2.21. The lowest BCUT2D eigenvalue weighted by atomic mass is 10.1. The van der Waals surface area contributed by atoms with Gasteiger partial charge in [0, 0.05) is 29.6 Å². The van der Waals surface area contributed by atoms with Crippen molar-refractivity contribution in [1.82, 2.24) is 15.5 Å². The number of fused-ring (bicyclic) bond motifs is 1. The molecule has 19 heavy (non-hydrogen) atoms. The molecule has 5 heteroatoms. The molecule has 1 aromatic heterocycles. The summed E-state index contributed by atoms with van der Waals surface area (Å²) in [5.41, 5.74) is 1.75. The van der Waals surface area contributed by atoms with Gasteiger partial charge in [-0.25, -0.2) is 0 Å². The number of hydrogen-bond donors (Lipinski definition) is 3. The zero-order chi connectivity index (χ0) is 13.9. The van der Waals surface area contributed by atoms with Gasteiger partial charge < -0.3 is 10.6 Å². The summed E-state index contributed by atoms with van der Waals surface area (Å²) in [5.74, 6) is 0.00983. The van der Waals surface area contributed by atoms with Crippen molar-refractivity contribution in [3.63, 3.8) is 0 Å². The average molecular weight is 260 g/mol. The summed E-state index contributed by atoms with van der Waals surface area (Å²) in [6.45, 7) is 6.91. The maximum Gasteiger partial charge on any atom is 0.225 e. The number of aromatic nitrogens is 2. The number of carbonyl (C=O) groups is 1. The van der Waals surface area contributed by atoms with Crippen LogP contribution in [0.4, 0.5) is 5.69 Å². The summed E-state index contributed by atoms with van der Waals surface area (Å²) in [6, 6.07) is 5.70. The molecule has 0 atom stereocenters. The first kappa shape index (κ1) is 13.5. The van der Waals surface area contributed by atoms with E-state index in [0.29, 0.717) is 13.0 Å². The number of anilines is 1. The Kier molecular flexibility index (Phi) is 3.85. The predicted octanol–water partition coefficient (Wildman–Crippen LogP) is 2.28. The molecule has 1 heterocycles. The van der Waals surface area contributed by atoms with Crippen molar-refractivity contribution in [2.45, 2.75) is 32.7 Å². The first-order chi connectivity index (χ1) is 8.94. The Morgan fingerprint density at radius 3 is 2.89 bits per heavy atom. The average Bonchev–Trinajstić information content (AvgIpc) is 2.74. The molecule has 0 saturated carbocycles. The number of aromatic amines is 1. The Balaban J connectivity index is 1.88. The van der Waals surface area contributed by atoms with Gasteiger partial charge in [0.05, 0.1) is 11.7 Å². The molecule has 0 radical (unpaired) electrons. The second kappa shape index (κ2) is 5.40. The van der Waals surface area contributed by atoms with E-state index in [0.717, 1.165) is 16.6 Å². The molecule has 0 aliphatic rings. The Hall–Kier alpha value is -1.88. The van der Waals surface area contributed by atoms with E-state index in [1.807, 2.05) is 18.2 Å². The summed E-state index contributed by atoms with van der Waals surface area (Å²) < 4.78 is 0. The molecular weight excluding hydrogens is 240 g/mol. The van der Waals surface area contributed by atoms with Gasteiger partial charge in [-0.3, -0.25) is 9.89 Å². The molecule has 0 aliphatic carbocycles. The van der Waals surface area contributed by atoms with Crippen LogP contribution in [0, 0.1) is 0 Å². The number of nitrogens with zero attached hydrogens (tertiary/aromatic N) is 1. The maximum atomic E-state index is 11.8. The SMILES string of the molecule is CC(C)(C)NCCC(=O)Nc1ccc2cn[nH]c2c1. The van der Waals surface area contributed by atoms with Crippen LogP contribution in [0.5, 0.6) is 0 Å². The van der Waals surface area contributed by atoms with E-state index in [1.165, 1.54) is 0 Å². The molecular formula is C14H20N4O. The fourth-order valence-electron chi connectivity index (χ4n) is 1.79. The number of hydrogen-bond acceptors (Lipinski definition) is 3. The van der Waals surface area contributed by atoms with Crippen LogP contribution in [-0.2, 0) is 4.79 Å². The standard InChI is InChI=1S/C14H20N4O/c1-14(2,3)15-7-6-13(19)17-11-5-4-10-9-16-18-12(10)8-11/h4-5,8-9,15H,6-7H2,1-3H3,(H,16,18)(H,17,19). The molecule has 1 aromatic carbocycles. The van der Waals surface area contributed by atoms with Gasteiger partial charge in [-0.1, -0.05) is 0 Å². The van der Waals surface area contributed by atoms with Crippen LogP contribution in [0.15, 0.2) is 24.4 Å². The highest BCUT2D eigenvalue weighted by atomic mass is 16.1. The van der Waals surface area contributed by atoms with E-state index in [2.05, 4.69) is 41.6 Å². The number of carbonyl (C=O) groups excluding carboxylic acids is 1. The topological polar surface area (TPSA) is 69.8 Å². The van der Waals surface area contributed by atoms with Crippen molar-refractivity contribution in [3.05, 3.63) is 24.4 Å². The van der Waals surface area contributed by atoms with Crippen LogP contribution < -0.4 is 10.6 Å². The van der Waals surface area contributed by atoms with E-state index >= 15 is 0 Å². The molecule has 0 unspecified atom stereocenters. The third-order valence-electron chi connectivity index (χ3n) is 2.73. The second-order valence-corrected chi connectivity index (χ2v) is 5.65. The Morgan fingerprint density at radius 2 is 2.16 bits per heavy atom. The molecule has 0 spiro atoms. The van der Waals surface area contributed by atoms with Crippen LogP contribution in [-0.4, -0.2) is 28.2 Å². The molecule has 0 bridgehead atoms. The fourth-order valence-corrected chi connectivity index (χ4v) is 1.79. The van der Waals surface area contributed by atoms with Crippen LogP contribution in [0.3, 0.4) is 0 Å². The number of rotatable bonds is 4. The van der Waals surface area contributed by atoms with E-state index in [1.54, 1.807) is 6.20 Å². The van der Waals surface area contributed by atoms with Crippen LogP contribution in [0.1, 0.15) is 27.2 Å². The molecule has 1 amide bonds. The van der Waals surface area contributed by atoms with Gasteiger partial charge in [0.25, 0.3) is 0 Å². The lowest BCUT2D eigenvalue weighted by Crippen LogP contribution is -2.37. The highest BCUT2D eigenvalue weighted by Gasteiger charge is 2.09. The van der Waals surface area contributed by atoms with Gasteiger partial charge in [-0.05, 0) is 39.0 Å². The molecule has 2 rings (SSSR count). The normalized spacial score (nSPS) is 11.7. The Labute approximate surface area is 112 Å². The third-order valence-corrected chi connectivity index (χ3v) is 2.73. The molecule has 0 fully saturated rings. The lowest BCUT2D eigenvalue weighted by Gasteiger charge is -2.20. The van der Waals surface area contributed by atoms with E-state index in [-0.39, 0.29) is 11.4 Å². The fraction of sp³-hybridized carbons (Fsp3) is 0.429. The largest absolute Gasteiger partial charge is 0.326 e. The summed E-state index contributed by atoms with van der Waals surface area (Å²) in [5, 5.41) is 14.0. The quantitative estimate of drug-likeness (QED) is 0.790. The minimum atomic E-state index is 0.00983. The van der Waals surface area contributed by atoms with E-state index < -0.39 is 0 Å². The highest BCUT2D eigenvalue weighted by Crippen LogP contribution is 2.16. The monoisotopic (exact) mass is 260 g/mol. The molecule has 5 nitrogen and oxygen atoms in total. The van der Waals surface area contributed by atoms with Gasteiger partial charge in [0.1, 0.15) is 0 Å². The first-order valence-electron chi connectivity index (χ1n) is 6.42. The zero-order valence-corrected chi connectivity index (χ0v) is 11.6. The Bertz CT molecular complexity index is 568. The molecule has 3 N–H and O–H groups in total. The number of amides is 1. The summed E-state index contributed by atoms with van der Waals surface area (Å²) >= 11 is 0. The lowest BCUT2D eigenvalue weighted by molar-refractivity contribution is -0.116. The molecule has 102 valence electrons. The van der Waals surface area contributed by atoms with Crippen molar-refractivity contribution in [3.8, 4) is 0 Å². The van der Waals surface area contributed by atoms with Gasteiger partial charge in [0.2, 0.25) is 5.91 Å². The molecule has 0 aliphatic heterocycles. The van der Waals surface area contributed by atoms with E-state index in [9.17, 15) is 4.79 Å². The molecule has 2 aromatic rings. The highest BCUT2D eigenvalue weighted by molar-refractivity contribution is 5.93. The predicted molar refractivity (Wildman–Crippen MR) is 77.1 cm³/mol. The minimum absolute atomic E-state index is 0.00983. The van der Waals surface area contributed by atoms with Gasteiger partial charge in [-0.15, -0.1) is 0 Å². The van der Waals surface area contributed by atoms with Crippen molar-refractivity contribution >= 4 is 22.5 Å². The van der Waals surface area contributed by atoms with Crippen molar-refractivity contribution < 1.29 is 4.79 Å². The van der Waals surface area contributed by atoms with Crippen LogP contribution in [0.25, 0.3) is 10.9 Å². The maximum absolute atomic E-state index is 11.8. The second-order valence-electron chi connectivity index (χ2n) is 5.65. The first-order valence-corrected chi connectivity index (χ1v) is 6.42. The van der Waals surface area contributed by atoms with Gasteiger partial charge >= 0.3 is 0 Å². The Morgan fingerprint density at radius 1 is 1.37 bits per heavy atom. The summed E-state index contributed by atoms with van der Waals surface area (Å²) in [4.78, 5) is 11.8. The van der Waals surface area contributed by atoms with Crippen molar-refractivity contribution in [2.75, 3.05) is 11.9 Å². The number of nitrogens with one attached hydrogen (secondary N) is 3. The number of H-pyrrole nitrogens is 1. The van der Waals surface area contributed by atoms with Crippen LogP contribution >= 0.6 is 0 Å². The summed E-state index contributed by atoms with van der Waals surface area (Å²) in [7, 11) is 0. The number of benzene rings is 1. The van der Waals surface area contributed by atoms with Gasteiger partial charge in [-0.2, -0.15) is 5.10 Å². The smallest absolute Gasteiger partial charge is 0.225 e. The van der Waals surface area contributed by atoms with Crippen molar-refractivity contribution in [1.29, 1.82) is 0 Å². The minimum Gasteiger partial charge on any atom is -0.326 e. The van der Waals surface area contributed by atoms with Crippen LogP contribution in [0.2, 0.25) is 0 Å². The third kappa shape index (κ3) is 4.06. The van der Waals surface area contributed by atoms with Crippen molar-refractivity contribution in [2.24, 2.45) is 0 Å².